The molecule has 2 heteroatoms. The fourth-order valence-electron chi connectivity index (χ4n) is 1.89. The van der Waals surface area contributed by atoms with Crippen molar-refractivity contribution < 1.29 is 0 Å². The van der Waals surface area contributed by atoms with Gasteiger partial charge in [-0.15, -0.1) is 6.58 Å². The van der Waals surface area contributed by atoms with Crippen LogP contribution in [0.15, 0.2) is 36.9 Å². The van der Waals surface area contributed by atoms with Gasteiger partial charge in [0.25, 0.3) is 0 Å². The molecule has 0 atom stereocenters. The molecule has 0 amide bonds. The average molecular weight is 246 g/mol. The summed E-state index contributed by atoms with van der Waals surface area (Å²) >= 11 is 0. The zero-order valence-corrected chi connectivity index (χ0v) is 11.9. The highest BCUT2D eigenvalue weighted by molar-refractivity contribution is 5.22. The van der Waals surface area contributed by atoms with E-state index in [0.29, 0.717) is 6.04 Å². The van der Waals surface area contributed by atoms with E-state index in [9.17, 15) is 0 Å². The van der Waals surface area contributed by atoms with Crippen LogP contribution >= 0.6 is 0 Å². The molecule has 100 valence electrons. The molecule has 2 nitrogen and oxygen atoms in total. The fraction of sp³-hybridized carbons (Fsp3) is 0.500. The van der Waals surface area contributed by atoms with E-state index in [2.05, 4.69) is 61.8 Å². The van der Waals surface area contributed by atoms with Crippen molar-refractivity contribution in [2.45, 2.75) is 39.9 Å². The second kappa shape index (κ2) is 8.06. The molecule has 18 heavy (non-hydrogen) atoms. The molecular formula is C16H26N2. The van der Waals surface area contributed by atoms with Crippen molar-refractivity contribution in [3.8, 4) is 0 Å². The van der Waals surface area contributed by atoms with E-state index in [1.807, 2.05) is 6.08 Å². The van der Waals surface area contributed by atoms with Crippen molar-refractivity contribution in [3.63, 3.8) is 0 Å². The van der Waals surface area contributed by atoms with Gasteiger partial charge in [-0.2, -0.15) is 0 Å². The van der Waals surface area contributed by atoms with Crippen LogP contribution in [-0.4, -0.2) is 24.0 Å². The first-order valence-electron chi connectivity index (χ1n) is 6.80. The zero-order valence-electron chi connectivity index (χ0n) is 11.9. The lowest BCUT2D eigenvalue weighted by Crippen LogP contribution is -2.30. The molecule has 0 aromatic heterocycles. The van der Waals surface area contributed by atoms with E-state index < -0.39 is 0 Å². The summed E-state index contributed by atoms with van der Waals surface area (Å²) in [5, 5.41) is 3.34. The third-order valence-electron chi connectivity index (χ3n) is 3.08. The van der Waals surface area contributed by atoms with Crippen LogP contribution in [-0.2, 0) is 13.1 Å². The highest BCUT2D eigenvalue weighted by Crippen LogP contribution is 2.10. The maximum atomic E-state index is 3.82. The number of rotatable bonds is 8. The van der Waals surface area contributed by atoms with E-state index in [1.54, 1.807) is 0 Å². The van der Waals surface area contributed by atoms with Gasteiger partial charge in [-0.1, -0.05) is 37.3 Å². The Labute approximate surface area is 112 Å². The lowest BCUT2D eigenvalue weighted by atomic mass is 10.1. The number of benzene rings is 1. The van der Waals surface area contributed by atoms with Crippen molar-refractivity contribution >= 4 is 0 Å². The summed E-state index contributed by atoms with van der Waals surface area (Å²) in [5.41, 5.74) is 2.71. The molecule has 0 fully saturated rings. The molecule has 0 radical (unpaired) electrons. The molecule has 0 spiro atoms. The van der Waals surface area contributed by atoms with Crippen molar-refractivity contribution in [3.05, 3.63) is 48.0 Å². The zero-order chi connectivity index (χ0) is 13.4. The molecule has 0 unspecified atom stereocenters. The molecule has 1 rings (SSSR count). The maximum absolute atomic E-state index is 3.82. The molecule has 0 saturated heterocycles. The van der Waals surface area contributed by atoms with Crippen LogP contribution in [0, 0.1) is 0 Å². The summed E-state index contributed by atoms with van der Waals surface area (Å²) in [4.78, 5) is 2.41. The van der Waals surface area contributed by atoms with Crippen LogP contribution in [0.4, 0.5) is 0 Å². The highest BCUT2D eigenvalue weighted by Gasteiger charge is 2.07. The van der Waals surface area contributed by atoms with E-state index in [1.165, 1.54) is 11.1 Å². The predicted molar refractivity (Wildman–Crippen MR) is 79.6 cm³/mol. The predicted octanol–water partition coefficient (Wildman–Crippen LogP) is 3.19. The molecule has 1 aromatic rings. The molecule has 0 aliphatic carbocycles. The van der Waals surface area contributed by atoms with E-state index in [-0.39, 0.29) is 0 Å². The first-order valence-corrected chi connectivity index (χ1v) is 6.80. The van der Waals surface area contributed by atoms with Gasteiger partial charge in [-0.05, 0) is 31.5 Å². The van der Waals surface area contributed by atoms with E-state index in [4.69, 9.17) is 0 Å². The SMILES string of the molecule is C=CCN(Cc1ccc(CNCC)cc1)C(C)C. The quantitative estimate of drug-likeness (QED) is 0.709. The van der Waals surface area contributed by atoms with Crippen molar-refractivity contribution in [1.82, 2.24) is 10.2 Å². The monoisotopic (exact) mass is 246 g/mol. The molecule has 0 bridgehead atoms. The normalized spacial score (nSPS) is 11.2. The summed E-state index contributed by atoms with van der Waals surface area (Å²) in [6.45, 7) is 14.3. The minimum atomic E-state index is 0.546. The molecular weight excluding hydrogens is 220 g/mol. The molecule has 1 N–H and O–H groups in total. The Kier molecular flexibility index (Phi) is 6.69. The first-order chi connectivity index (χ1) is 8.67. The first kappa shape index (κ1) is 14.9. The molecule has 0 aliphatic heterocycles. The van der Waals surface area contributed by atoms with Gasteiger partial charge in [-0.3, -0.25) is 4.90 Å². The molecule has 0 saturated carbocycles. The van der Waals surface area contributed by atoms with Crippen LogP contribution in [0.3, 0.4) is 0 Å². The molecule has 0 aliphatic rings. The maximum Gasteiger partial charge on any atom is 0.0239 e. The van der Waals surface area contributed by atoms with Gasteiger partial charge >= 0.3 is 0 Å². The van der Waals surface area contributed by atoms with Gasteiger partial charge in [0.15, 0.2) is 0 Å². The van der Waals surface area contributed by atoms with Crippen LogP contribution in [0.5, 0.6) is 0 Å². The van der Waals surface area contributed by atoms with Crippen molar-refractivity contribution in [2.24, 2.45) is 0 Å². The van der Waals surface area contributed by atoms with Gasteiger partial charge in [0.05, 0.1) is 0 Å². The van der Waals surface area contributed by atoms with Gasteiger partial charge in [0, 0.05) is 25.7 Å². The standard InChI is InChI=1S/C16H26N2/c1-5-11-18(14(3)4)13-16-9-7-15(8-10-16)12-17-6-2/h5,7-10,14,17H,1,6,11-13H2,2-4H3. The Hall–Kier alpha value is -1.12. The Morgan fingerprint density at radius 1 is 1.22 bits per heavy atom. The smallest absolute Gasteiger partial charge is 0.0239 e. The Morgan fingerprint density at radius 3 is 2.33 bits per heavy atom. The Balaban J connectivity index is 2.58. The van der Waals surface area contributed by atoms with E-state index >= 15 is 0 Å². The summed E-state index contributed by atoms with van der Waals surface area (Å²) < 4.78 is 0. The van der Waals surface area contributed by atoms with Gasteiger partial charge in [0.2, 0.25) is 0 Å². The van der Waals surface area contributed by atoms with Crippen molar-refractivity contribution in [2.75, 3.05) is 13.1 Å². The van der Waals surface area contributed by atoms with Gasteiger partial charge < -0.3 is 5.32 Å². The van der Waals surface area contributed by atoms with Crippen LogP contribution in [0.25, 0.3) is 0 Å². The second-order valence-corrected chi connectivity index (χ2v) is 4.91. The number of hydrogen-bond donors (Lipinski definition) is 1. The number of nitrogens with one attached hydrogen (secondary N) is 1. The summed E-state index contributed by atoms with van der Waals surface area (Å²) in [5.74, 6) is 0. The third-order valence-corrected chi connectivity index (χ3v) is 3.08. The largest absolute Gasteiger partial charge is 0.313 e. The van der Waals surface area contributed by atoms with Crippen LogP contribution < -0.4 is 5.32 Å². The van der Waals surface area contributed by atoms with Gasteiger partial charge in [-0.25, -0.2) is 0 Å². The minimum absolute atomic E-state index is 0.546. The minimum Gasteiger partial charge on any atom is -0.313 e. The van der Waals surface area contributed by atoms with Crippen LogP contribution in [0.2, 0.25) is 0 Å². The number of nitrogens with zero attached hydrogens (tertiary/aromatic N) is 1. The lowest BCUT2D eigenvalue weighted by molar-refractivity contribution is 0.237. The van der Waals surface area contributed by atoms with Crippen molar-refractivity contribution in [1.29, 1.82) is 0 Å². The lowest BCUT2D eigenvalue weighted by Gasteiger charge is -2.25. The van der Waals surface area contributed by atoms with E-state index in [0.717, 1.165) is 26.2 Å². The van der Waals surface area contributed by atoms with Crippen LogP contribution in [0.1, 0.15) is 31.9 Å². The number of hydrogen-bond acceptors (Lipinski definition) is 2. The molecule has 1 aromatic carbocycles. The summed E-state index contributed by atoms with van der Waals surface area (Å²) in [6.07, 6.45) is 1.97. The van der Waals surface area contributed by atoms with Gasteiger partial charge in [0.1, 0.15) is 0 Å². The summed E-state index contributed by atoms with van der Waals surface area (Å²) in [6, 6.07) is 9.43. The summed E-state index contributed by atoms with van der Waals surface area (Å²) in [7, 11) is 0. The Morgan fingerprint density at radius 2 is 1.83 bits per heavy atom. The average Bonchev–Trinajstić information content (AvgIpc) is 2.37. The second-order valence-electron chi connectivity index (χ2n) is 4.91. The Bertz CT molecular complexity index is 341. The molecule has 0 heterocycles. The highest BCUT2D eigenvalue weighted by atomic mass is 15.1. The fourth-order valence-corrected chi connectivity index (χ4v) is 1.89. The third kappa shape index (κ3) is 5.03. The topological polar surface area (TPSA) is 15.3 Å².